The minimum absolute atomic E-state index is 0.0720. The molecule has 0 aliphatic rings. The average molecular weight is 253 g/mol. The molecule has 4 nitrogen and oxygen atoms in total. The second-order valence-electron chi connectivity index (χ2n) is 4.32. The van der Waals surface area contributed by atoms with Gasteiger partial charge in [0.15, 0.2) is 11.5 Å². The van der Waals surface area contributed by atoms with Crippen molar-refractivity contribution >= 4 is 0 Å². The molecule has 0 spiro atoms. The Labute approximate surface area is 109 Å². The molecule has 0 fully saturated rings. The van der Waals surface area contributed by atoms with Crippen molar-refractivity contribution in [3.05, 3.63) is 23.8 Å². The summed E-state index contributed by atoms with van der Waals surface area (Å²) in [5.41, 5.74) is 0.956. The standard InChI is InChI=1S/C14H23NO3/c1-2-3-8-18-9-4-7-15-11-12-5-6-13(16)14(17)10-12/h5-6,10,15-17H,2-4,7-9,11H2,1H3. The number of nitrogens with one attached hydrogen (secondary N) is 1. The zero-order valence-corrected chi connectivity index (χ0v) is 11.0. The predicted molar refractivity (Wildman–Crippen MR) is 71.8 cm³/mol. The van der Waals surface area contributed by atoms with E-state index in [0.29, 0.717) is 6.54 Å². The largest absolute Gasteiger partial charge is 0.504 e. The molecule has 102 valence electrons. The van der Waals surface area contributed by atoms with Gasteiger partial charge >= 0.3 is 0 Å². The summed E-state index contributed by atoms with van der Waals surface area (Å²) in [6.45, 7) is 5.35. The van der Waals surface area contributed by atoms with E-state index in [1.807, 2.05) is 0 Å². The first-order valence-electron chi connectivity index (χ1n) is 6.53. The molecule has 1 aromatic rings. The lowest BCUT2D eigenvalue weighted by Gasteiger charge is -2.06. The zero-order chi connectivity index (χ0) is 13.2. The fourth-order valence-corrected chi connectivity index (χ4v) is 1.56. The molecule has 0 heterocycles. The van der Waals surface area contributed by atoms with Gasteiger partial charge in [0.25, 0.3) is 0 Å². The molecule has 0 unspecified atom stereocenters. The molecule has 4 heteroatoms. The number of phenolic OH excluding ortho intramolecular Hbond substituents is 2. The number of hydrogen-bond acceptors (Lipinski definition) is 4. The number of hydrogen-bond donors (Lipinski definition) is 3. The zero-order valence-electron chi connectivity index (χ0n) is 11.0. The maximum Gasteiger partial charge on any atom is 0.157 e. The van der Waals surface area contributed by atoms with Gasteiger partial charge in [-0.05, 0) is 37.1 Å². The van der Waals surface area contributed by atoms with E-state index in [-0.39, 0.29) is 11.5 Å². The van der Waals surface area contributed by atoms with E-state index in [9.17, 15) is 5.11 Å². The van der Waals surface area contributed by atoms with E-state index >= 15 is 0 Å². The highest BCUT2D eigenvalue weighted by molar-refractivity contribution is 5.40. The molecule has 3 N–H and O–H groups in total. The van der Waals surface area contributed by atoms with E-state index in [2.05, 4.69) is 12.2 Å². The van der Waals surface area contributed by atoms with Gasteiger partial charge in [-0.25, -0.2) is 0 Å². The summed E-state index contributed by atoms with van der Waals surface area (Å²) in [4.78, 5) is 0. The molecular formula is C14H23NO3. The summed E-state index contributed by atoms with van der Waals surface area (Å²) >= 11 is 0. The normalized spacial score (nSPS) is 10.7. The van der Waals surface area contributed by atoms with E-state index in [1.165, 1.54) is 12.5 Å². The van der Waals surface area contributed by atoms with Crippen LogP contribution in [-0.2, 0) is 11.3 Å². The molecular weight excluding hydrogens is 230 g/mol. The molecule has 1 rings (SSSR count). The van der Waals surface area contributed by atoms with Gasteiger partial charge in [0.2, 0.25) is 0 Å². The van der Waals surface area contributed by atoms with Crippen LogP contribution in [0.1, 0.15) is 31.7 Å². The van der Waals surface area contributed by atoms with Crippen molar-refractivity contribution in [1.82, 2.24) is 5.32 Å². The molecule has 0 aromatic heterocycles. The van der Waals surface area contributed by atoms with Crippen molar-refractivity contribution in [3.63, 3.8) is 0 Å². The number of rotatable bonds is 9. The highest BCUT2D eigenvalue weighted by atomic mass is 16.5. The summed E-state index contributed by atoms with van der Waals surface area (Å²) in [7, 11) is 0. The molecule has 1 aromatic carbocycles. The maximum absolute atomic E-state index is 9.33. The van der Waals surface area contributed by atoms with Crippen molar-refractivity contribution in [2.75, 3.05) is 19.8 Å². The number of aromatic hydroxyl groups is 2. The SMILES string of the molecule is CCCCOCCCNCc1ccc(O)c(O)c1. The van der Waals surface area contributed by atoms with Gasteiger partial charge in [0.05, 0.1) is 0 Å². The molecule has 0 aliphatic carbocycles. The van der Waals surface area contributed by atoms with Crippen LogP contribution in [0.2, 0.25) is 0 Å². The van der Waals surface area contributed by atoms with Crippen LogP contribution in [0.4, 0.5) is 0 Å². The first-order valence-corrected chi connectivity index (χ1v) is 6.53. The third-order valence-corrected chi connectivity index (χ3v) is 2.65. The Hall–Kier alpha value is -1.26. The first-order chi connectivity index (χ1) is 8.74. The van der Waals surface area contributed by atoms with Crippen LogP contribution in [0.5, 0.6) is 11.5 Å². The number of benzene rings is 1. The second kappa shape index (κ2) is 8.78. The van der Waals surface area contributed by atoms with Gasteiger partial charge in [-0.1, -0.05) is 19.4 Å². The molecule has 18 heavy (non-hydrogen) atoms. The van der Waals surface area contributed by atoms with Gasteiger partial charge in [0.1, 0.15) is 0 Å². The second-order valence-corrected chi connectivity index (χ2v) is 4.32. The van der Waals surface area contributed by atoms with Crippen molar-refractivity contribution < 1.29 is 14.9 Å². The lowest BCUT2D eigenvalue weighted by atomic mass is 10.2. The van der Waals surface area contributed by atoms with E-state index in [1.54, 1.807) is 12.1 Å². The van der Waals surface area contributed by atoms with Crippen LogP contribution >= 0.6 is 0 Å². The van der Waals surface area contributed by atoms with Gasteiger partial charge in [-0.3, -0.25) is 0 Å². The highest BCUT2D eigenvalue weighted by Gasteiger charge is 1.99. The minimum Gasteiger partial charge on any atom is -0.504 e. The van der Waals surface area contributed by atoms with Crippen molar-refractivity contribution in [2.45, 2.75) is 32.7 Å². The lowest BCUT2D eigenvalue weighted by Crippen LogP contribution is -2.16. The van der Waals surface area contributed by atoms with Crippen LogP contribution in [0.3, 0.4) is 0 Å². The summed E-state index contributed by atoms with van der Waals surface area (Å²) in [5, 5.41) is 21.8. The van der Waals surface area contributed by atoms with Crippen LogP contribution in [0, 0.1) is 0 Å². The fourth-order valence-electron chi connectivity index (χ4n) is 1.56. The molecule has 0 saturated carbocycles. The highest BCUT2D eigenvalue weighted by Crippen LogP contribution is 2.24. The topological polar surface area (TPSA) is 61.7 Å². The molecule has 0 bridgehead atoms. The Morgan fingerprint density at radius 3 is 2.61 bits per heavy atom. The minimum atomic E-state index is -0.0805. The van der Waals surface area contributed by atoms with E-state index in [0.717, 1.165) is 38.2 Å². The van der Waals surface area contributed by atoms with E-state index < -0.39 is 0 Å². The quantitative estimate of drug-likeness (QED) is 0.467. The van der Waals surface area contributed by atoms with Crippen molar-refractivity contribution in [1.29, 1.82) is 0 Å². The van der Waals surface area contributed by atoms with Crippen LogP contribution < -0.4 is 5.32 Å². The third kappa shape index (κ3) is 5.89. The Morgan fingerprint density at radius 2 is 1.89 bits per heavy atom. The van der Waals surface area contributed by atoms with Gasteiger partial charge in [-0.15, -0.1) is 0 Å². The Bertz CT molecular complexity index is 342. The summed E-state index contributed by atoms with van der Waals surface area (Å²) in [6, 6.07) is 4.86. The predicted octanol–water partition coefficient (Wildman–Crippen LogP) is 2.39. The Balaban J connectivity index is 2.05. The summed E-state index contributed by atoms with van der Waals surface area (Å²) in [6.07, 6.45) is 3.27. The van der Waals surface area contributed by atoms with Crippen molar-refractivity contribution in [2.24, 2.45) is 0 Å². The maximum atomic E-state index is 9.33. The summed E-state index contributed by atoms with van der Waals surface area (Å²) in [5.74, 6) is -0.153. The third-order valence-electron chi connectivity index (χ3n) is 2.65. The molecule has 0 amide bonds. The first kappa shape index (κ1) is 14.8. The number of phenols is 2. The van der Waals surface area contributed by atoms with Crippen LogP contribution in [0.25, 0.3) is 0 Å². The number of ether oxygens (including phenoxy) is 1. The van der Waals surface area contributed by atoms with Gasteiger partial charge < -0.3 is 20.3 Å². The Kier molecular flexibility index (Phi) is 7.22. The Morgan fingerprint density at radius 1 is 1.11 bits per heavy atom. The van der Waals surface area contributed by atoms with Gasteiger partial charge in [-0.2, -0.15) is 0 Å². The molecule has 0 radical (unpaired) electrons. The smallest absolute Gasteiger partial charge is 0.157 e. The van der Waals surface area contributed by atoms with Gasteiger partial charge in [0, 0.05) is 19.8 Å². The summed E-state index contributed by atoms with van der Waals surface area (Å²) < 4.78 is 5.45. The average Bonchev–Trinajstić information content (AvgIpc) is 2.37. The molecule has 0 aliphatic heterocycles. The number of unbranched alkanes of at least 4 members (excludes halogenated alkanes) is 1. The monoisotopic (exact) mass is 253 g/mol. The lowest BCUT2D eigenvalue weighted by molar-refractivity contribution is 0.129. The fraction of sp³-hybridized carbons (Fsp3) is 0.571. The molecule has 0 saturated heterocycles. The van der Waals surface area contributed by atoms with Crippen molar-refractivity contribution in [3.8, 4) is 11.5 Å². The van der Waals surface area contributed by atoms with Crippen LogP contribution in [0.15, 0.2) is 18.2 Å². The van der Waals surface area contributed by atoms with E-state index in [4.69, 9.17) is 9.84 Å². The van der Waals surface area contributed by atoms with Crippen LogP contribution in [-0.4, -0.2) is 30.0 Å². The molecule has 0 atom stereocenters.